The molecule has 0 radical (unpaired) electrons. The molecule has 0 fully saturated rings. The summed E-state index contributed by atoms with van der Waals surface area (Å²) >= 11 is 0. The summed E-state index contributed by atoms with van der Waals surface area (Å²) in [6.07, 6.45) is 1.42. The predicted octanol–water partition coefficient (Wildman–Crippen LogP) is 2.98. The highest BCUT2D eigenvalue weighted by Crippen LogP contribution is 2.23. The fourth-order valence-corrected chi connectivity index (χ4v) is 3.73. The van der Waals surface area contributed by atoms with Gasteiger partial charge in [0.1, 0.15) is 17.8 Å². The van der Waals surface area contributed by atoms with Gasteiger partial charge in [-0.25, -0.2) is 18.1 Å². The zero-order valence-corrected chi connectivity index (χ0v) is 14.3. The van der Waals surface area contributed by atoms with Gasteiger partial charge in [0.25, 0.3) is 0 Å². The van der Waals surface area contributed by atoms with E-state index in [0.717, 1.165) is 5.69 Å². The van der Waals surface area contributed by atoms with Crippen LogP contribution in [0.3, 0.4) is 0 Å². The minimum Gasteiger partial charge on any atom is -0.435 e. The van der Waals surface area contributed by atoms with Crippen molar-refractivity contribution in [2.75, 3.05) is 0 Å². The van der Waals surface area contributed by atoms with Crippen molar-refractivity contribution < 1.29 is 21.9 Å². The summed E-state index contributed by atoms with van der Waals surface area (Å²) < 4.78 is 55.6. The molecule has 0 aliphatic carbocycles. The van der Waals surface area contributed by atoms with Gasteiger partial charge in [-0.2, -0.15) is 13.9 Å². The average molecular weight is 379 g/mol. The number of benzene rings is 2. The van der Waals surface area contributed by atoms with Crippen LogP contribution in [0.25, 0.3) is 5.69 Å². The van der Waals surface area contributed by atoms with E-state index in [4.69, 9.17) is 0 Å². The number of nitrogens with zero attached hydrogens (tertiary/aromatic N) is 3. The van der Waals surface area contributed by atoms with Gasteiger partial charge in [0.15, 0.2) is 15.7 Å². The van der Waals surface area contributed by atoms with Crippen LogP contribution in [-0.4, -0.2) is 29.8 Å². The van der Waals surface area contributed by atoms with E-state index in [1.54, 1.807) is 6.07 Å². The molecule has 26 heavy (non-hydrogen) atoms. The van der Waals surface area contributed by atoms with Crippen molar-refractivity contribution in [3.05, 3.63) is 72.3 Å². The van der Waals surface area contributed by atoms with Gasteiger partial charge in [0, 0.05) is 5.56 Å². The topological polar surface area (TPSA) is 74.1 Å². The molecular weight excluding hydrogens is 364 g/mol. The Morgan fingerprint density at radius 1 is 1.00 bits per heavy atom. The van der Waals surface area contributed by atoms with E-state index in [9.17, 15) is 17.2 Å². The molecule has 9 heteroatoms. The molecule has 0 amide bonds. The zero-order valence-electron chi connectivity index (χ0n) is 13.5. The lowest BCUT2D eigenvalue weighted by Crippen LogP contribution is -2.11. The Morgan fingerprint density at radius 3 is 2.42 bits per heavy atom. The summed E-state index contributed by atoms with van der Waals surface area (Å²) in [6, 6.07) is 14.9. The van der Waals surface area contributed by atoms with Crippen LogP contribution in [-0.2, 0) is 21.3 Å². The maximum Gasteiger partial charge on any atom is 0.387 e. The summed E-state index contributed by atoms with van der Waals surface area (Å²) in [7, 11) is -3.68. The van der Waals surface area contributed by atoms with E-state index in [-0.39, 0.29) is 17.1 Å². The zero-order chi connectivity index (χ0) is 18.6. The van der Waals surface area contributed by atoms with Crippen LogP contribution in [0, 0.1) is 0 Å². The van der Waals surface area contributed by atoms with Gasteiger partial charge in [-0.15, -0.1) is 0 Å². The number of halogens is 2. The van der Waals surface area contributed by atoms with Gasteiger partial charge in [-0.3, -0.25) is 0 Å². The van der Waals surface area contributed by atoms with Crippen molar-refractivity contribution in [3.63, 3.8) is 0 Å². The summed E-state index contributed by atoms with van der Waals surface area (Å²) in [4.78, 5) is 4.01. The van der Waals surface area contributed by atoms with E-state index in [0.29, 0.717) is 0 Å². The summed E-state index contributed by atoms with van der Waals surface area (Å²) in [6.45, 7) is -3.03. The standard InChI is InChI=1S/C17H15F2N3O3S/c18-17(19)25-15-9-5-4-6-13(15)10-26(23,24)11-16-20-12-22(21-16)14-7-2-1-3-8-14/h1-9,12,17H,10-11H2. The lowest BCUT2D eigenvalue weighted by Gasteiger charge is -2.10. The Bertz CT molecular complexity index is 976. The summed E-state index contributed by atoms with van der Waals surface area (Å²) in [5, 5.41) is 4.15. The van der Waals surface area contributed by atoms with Crippen LogP contribution in [0.1, 0.15) is 11.4 Å². The number of ether oxygens (including phenoxy) is 1. The molecule has 2 aromatic carbocycles. The van der Waals surface area contributed by atoms with Gasteiger partial charge in [0.05, 0.1) is 11.4 Å². The smallest absolute Gasteiger partial charge is 0.387 e. The van der Waals surface area contributed by atoms with E-state index in [2.05, 4.69) is 14.8 Å². The van der Waals surface area contributed by atoms with Crippen LogP contribution in [0.4, 0.5) is 8.78 Å². The second-order valence-corrected chi connectivity index (χ2v) is 7.52. The van der Waals surface area contributed by atoms with Crippen molar-refractivity contribution in [1.82, 2.24) is 14.8 Å². The van der Waals surface area contributed by atoms with Crippen molar-refractivity contribution in [2.45, 2.75) is 18.1 Å². The third-order valence-corrected chi connectivity index (χ3v) is 4.92. The first-order chi connectivity index (χ1) is 12.4. The molecule has 1 aromatic heterocycles. The van der Waals surface area contributed by atoms with Gasteiger partial charge >= 0.3 is 6.61 Å². The third-order valence-electron chi connectivity index (χ3n) is 3.47. The second kappa shape index (κ2) is 7.61. The molecule has 6 nitrogen and oxygen atoms in total. The molecule has 0 N–H and O–H groups in total. The Hall–Kier alpha value is -2.81. The molecule has 0 saturated heterocycles. The fourth-order valence-electron chi connectivity index (χ4n) is 2.39. The SMILES string of the molecule is O=S(=O)(Cc1ncn(-c2ccccc2)n1)Cc1ccccc1OC(F)F. The number of alkyl halides is 2. The third kappa shape index (κ3) is 4.63. The van der Waals surface area contributed by atoms with E-state index >= 15 is 0 Å². The quantitative estimate of drug-likeness (QED) is 0.631. The summed E-state index contributed by atoms with van der Waals surface area (Å²) in [5.74, 6) is -0.888. The van der Waals surface area contributed by atoms with E-state index in [1.165, 1.54) is 29.2 Å². The highest BCUT2D eigenvalue weighted by atomic mass is 32.2. The first-order valence-corrected chi connectivity index (χ1v) is 9.44. The van der Waals surface area contributed by atoms with Crippen LogP contribution in [0.5, 0.6) is 5.75 Å². The molecule has 3 aromatic rings. The van der Waals surface area contributed by atoms with Crippen LogP contribution < -0.4 is 4.74 Å². The lowest BCUT2D eigenvalue weighted by atomic mass is 10.2. The largest absolute Gasteiger partial charge is 0.435 e. The minimum atomic E-state index is -3.68. The predicted molar refractivity (Wildman–Crippen MR) is 90.8 cm³/mol. The Kier molecular flexibility index (Phi) is 5.27. The molecular formula is C17H15F2N3O3S. The Balaban J connectivity index is 1.75. The van der Waals surface area contributed by atoms with Crippen molar-refractivity contribution in [1.29, 1.82) is 0 Å². The molecule has 0 atom stereocenters. The van der Waals surface area contributed by atoms with Gasteiger partial charge in [-0.1, -0.05) is 36.4 Å². The molecule has 0 aliphatic heterocycles. The second-order valence-electron chi connectivity index (χ2n) is 5.46. The van der Waals surface area contributed by atoms with Gasteiger partial charge in [-0.05, 0) is 18.2 Å². The Morgan fingerprint density at radius 2 is 1.69 bits per heavy atom. The van der Waals surface area contributed by atoms with E-state index in [1.807, 2.05) is 30.3 Å². The molecule has 0 unspecified atom stereocenters. The number of aromatic nitrogens is 3. The normalized spacial score (nSPS) is 11.7. The lowest BCUT2D eigenvalue weighted by molar-refractivity contribution is -0.0503. The number of hydrogen-bond acceptors (Lipinski definition) is 5. The number of hydrogen-bond donors (Lipinski definition) is 0. The maximum absolute atomic E-state index is 12.4. The first-order valence-electron chi connectivity index (χ1n) is 7.62. The fraction of sp³-hybridized carbons (Fsp3) is 0.176. The number of rotatable bonds is 7. The minimum absolute atomic E-state index is 0.126. The number of para-hydroxylation sites is 2. The molecule has 0 saturated carbocycles. The van der Waals surface area contributed by atoms with E-state index < -0.39 is 28.0 Å². The summed E-state index contributed by atoms with van der Waals surface area (Å²) in [5.41, 5.74) is 0.912. The van der Waals surface area contributed by atoms with Crippen LogP contribution >= 0.6 is 0 Å². The van der Waals surface area contributed by atoms with Crippen molar-refractivity contribution >= 4 is 9.84 Å². The van der Waals surface area contributed by atoms with Crippen molar-refractivity contribution in [2.24, 2.45) is 0 Å². The van der Waals surface area contributed by atoms with Crippen LogP contribution in [0.15, 0.2) is 60.9 Å². The monoisotopic (exact) mass is 379 g/mol. The molecule has 0 aliphatic rings. The number of sulfone groups is 1. The van der Waals surface area contributed by atoms with Gasteiger partial charge in [0.2, 0.25) is 0 Å². The van der Waals surface area contributed by atoms with Gasteiger partial charge < -0.3 is 4.74 Å². The first kappa shape index (κ1) is 18.0. The van der Waals surface area contributed by atoms with Crippen molar-refractivity contribution in [3.8, 4) is 11.4 Å². The highest BCUT2D eigenvalue weighted by molar-refractivity contribution is 7.89. The average Bonchev–Trinajstić information content (AvgIpc) is 3.04. The Labute approximate surface area is 149 Å². The molecule has 3 rings (SSSR count). The molecule has 0 spiro atoms. The molecule has 1 heterocycles. The maximum atomic E-state index is 12.4. The van der Waals surface area contributed by atoms with Crippen LogP contribution in [0.2, 0.25) is 0 Å². The highest BCUT2D eigenvalue weighted by Gasteiger charge is 2.19. The molecule has 136 valence electrons. The molecule has 0 bridgehead atoms.